The molecule has 0 aromatic heterocycles. The SMILES string of the molecule is Cc1c(Oc2cccc(F)c2[C@@H](C)N)cccc1[N+](=O)[O-]. The van der Waals surface area contributed by atoms with E-state index in [4.69, 9.17) is 10.5 Å². The van der Waals surface area contributed by atoms with Crippen LogP contribution in [0.15, 0.2) is 36.4 Å². The summed E-state index contributed by atoms with van der Waals surface area (Å²) in [7, 11) is 0. The Hall–Kier alpha value is -2.47. The molecular weight excluding hydrogens is 275 g/mol. The number of rotatable bonds is 4. The van der Waals surface area contributed by atoms with Crippen LogP contribution >= 0.6 is 0 Å². The molecule has 2 rings (SSSR count). The molecule has 1 atom stereocenters. The van der Waals surface area contributed by atoms with E-state index >= 15 is 0 Å². The number of hydrogen-bond acceptors (Lipinski definition) is 4. The molecule has 0 radical (unpaired) electrons. The highest BCUT2D eigenvalue weighted by molar-refractivity contribution is 5.51. The van der Waals surface area contributed by atoms with Crippen LogP contribution in [0.3, 0.4) is 0 Å². The summed E-state index contributed by atoms with van der Waals surface area (Å²) in [5.41, 5.74) is 6.32. The highest BCUT2D eigenvalue weighted by Crippen LogP contribution is 2.34. The first kappa shape index (κ1) is 14.9. The third kappa shape index (κ3) is 3.00. The number of nitrogens with two attached hydrogens (primary N) is 1. The maximum Gasteiger partial charge on any atom is 0.276 e. The number of hydrogen-bond donors (Lipinski definition) is 1. The van der Waals surface area contributed by atoms with Crippen LogP contribution < -0.4 is 10.5 Å². The van der Waals surface area contributed by atoms with Crippen molar-refractivity contribution in [1.82, 2.24) is 0 Å². The summed E-state index contributed by atoms with van der Waals surface area (Å²) < 4.78 is 19.5. The fourth-order valence-electron chi connectivity index (χ4n) is 2.08. The molecule has 0 spiro atoms. The predicted molar refractivity (Wildman–Crippen MR) is 76.9 cm³/mol. The van der Waals surface area contributed by atoms with Gasteiger partial charge in [-0.05, 0) is 32.0 Å². The predicted octanol–water partition coefficient (Wildman–Crippen LogP) is 3.85. The van der Waals surface area contributed by atoms with Crippen LogP contribution in [0.2, 0.25) is 0 Å². The topological polar surface area (TPSA) is 78.4 Å². The first-order valence-corrected chi connectivity index (χ1v) is 6.37. The summed E-state index contributed by atoms with van der Waals surface area (Å²) in [6.07, 6.45) is 0. The first-order chi connectivity index (χ1) is 9.91. The molecule has 0 aliphatic heterocycles. The Morgan fingerprint density at radius 2 is 1.86 bits per heavy atom. The molecule has 6 heteroatoms. The highest BCUT2D eigenvalue weighted by atomic mass is 19.1. The van der Waals surface area contributed by atoms with E-state index in [0.29, 0.717) is 11.3 Å². The van der Waals surface area contributed by atoms with Crippen molar-refractivity contribution in [3.63, 3.8) is 0 Å². The lowest BCUT2D eigenvalue weighted by atomic mass is 10.1. The fraction of sp³-hybridized carbons (Fsp3) is 0.200. The molecule has 0 unspecified atom stereocenters. The lowest BCUT2D eigenvalue weighted by Crippen LogP contribution is -2.09. The van der Waals surface area contributed by atoms with Gasteiger partial charge in [0, 0.05) is 17.7 Å². The number of halogens is 1. The van der Waals surface area contributed by atoms with Crippen LogP contribution in [-0.4, -0.2) is 4.92 Å². The van der Waals surface area contributed by atoms with E-state index < -0.39 is 16.8 Å². The summed E-state index contributed by atoms with van der Waals surface area (Å²) >= 11 is 0. The van der Waals surface area contributed by atoms with Gasteiger partial charge in [-0.1, -0.05) is 12.1 Å². The van der Waals surface area contributed by atoms with Gasteiger partial charge in [0.05, 0.1) is 10.5 Å². The Bertz CT molecular complexity index is 687. The second kappa shape index (κ2) is 5.88. The van der Waals surface area contributed by atoms with Crippen molar-refractivity contribution in [2.45, 2.75) is 19.9 Å². The number of nitrogens with zero attached hydrogens (tertiary/aromatic N) is 1. The number of nitro groups is 1. The van der Waals surface area contributed by atoms with Crippen molar-refractivity contribution >= 4 is 5.69 Å². The van der Waals surface area contributed by atoms with Gasteiger partial charge in [0.2, 0.25) is 0 Å². The van der Waals surface area contributed by atoms with Gasteiger partial charge in [-0.2, -0.15) is 0 Å². The molecule has 2 aromatic rings. The number of ether oxygens (including phenoxy) is 1. The van der Waals surface area contributed by atoms with Gasteiger partial charge in [0.15, 0.2) is 0 Å². The van der Waals surface area contributed by atoms with Gasteiger partial charge < -0.3 is 10.5 Å². The van der Waals surface area contributed by atoms with Crippen LogP contribution in [0.4, 0.5) is 10.1 Å². The van der Waals surface area contributed by atoms with Crippen molar-refractivity contribution in [3.05, 3.63) is 63.5 Å². The van der Waals surface area contributed by atoms with E-state index in [0.717, 1.165) is 0 Å². The summed E-state index contributed by atoms with van der Waals surface area (Å²) in [6, 6.07) is 8.33. The van der Waals surface area contributed by atoms with E-state index in [2.05, 4.69) is 0 Å². The Morgan fingerprint density at radius 3 is 2.48 bits per heavy atom. The molecule has 110 valence electrons. The van der Waals surface area contributed by atoms with Crippen LogP contribution in [-0.2, 0) is 0 Å². The lowest BCUT2D eigenvalue weighted by Gasteiger charge is -2.15. The molecule has 0 saturated heterocycles. The molecule has 0 bridgehead atoms. The molecule has 0 aliphatic rings. The molecule has 2 N–H and O–H groups in total. The molecular formula is C15H15FN2O3. The second-order valence-corrected chi connectivity index (χ2v) is 4.70. The average Bonchev–Trinajstić information content (AvgIpc) is 2.40. The smallest absolute Gasteiger partial charge is 0.276 e. The summed E-state index contributed by atoms with van der Waals surface area (Å²) in [6.45, 7) is 3.23. The molecule has 0 amide bonds. The highest BCUT2D eigenvalue weighted by Gasteiger charge is 2.18. The first-order valence-electron chi connectivity index (χ1n) is 6.37. The zero-order valence-electron chi connectivity index (χ0n) is 11.7. The molecule has 0 aliphatic carbocycles. The Kier molecular flexibility index (Phi) is 4.18. The van der Waals surface area contributed by atoms with E-state index in [1.54, 1.807) is 26.0 Å². The average molecular weight is 290 g/mol. The largest absolute Gasteiger partial charge is 0.456 e. The Balaban J connectivity index is 2.47. The van der Waals surface area contributed by atoms with E-state index in [1.807, 2.05) is 0 Å². The third-order valence-electron chi connectivity index (χ3n) is 3.14. The van der Waals surface area contributed by atoms with Crippen molar-refractivity contribution in [2.75, 3.05) is 0 Å². The summed E-state index contributed by atoms with van der Waals surface area (Å²) in [5.74, 6) is 0.0934. The maximum absolute atomic E-state index is 13.8. The minimum atomic E-state index is -0.555. The van der Waals surface area contributed by atoms with Crippen molar-refractivity contribution < 1.29 is 14.1 Å². The zero-order valence-corrected chi connectivity index (χ0v) is 11.7. The number of benzene rings is 2. The van der Waals surface area contributed by atoms with Gasteiger partial charge in [0.25, 0.3) is 5.69 Å². The summed E-state index contributed by atoms with van der Waals surface area (Å²) in [5, 5.41) is 10.9. The van der Waals surface area contributed by atoms with E-state index in [9.17, 15) is 14.5 Å². The van der Waals surface area contributed by atoms with Crippen molar-refractivity contribution in [1.29, 1.82) is 0 Å². The van der Waals surface area contributed by atoms with Gasteiger partial charge >= 0.3 is 0 Å². The third-order valence-corrected chi connectivity index (χ3v) is 3.14. The fourth-order valence-corrected chi connectivity index (χ4v) is 2.08. The number of nitro benzene ring substituents is 1. The quantitative estimate of drug-likeness (QED) is 0.685. The molecule has 21 heavy (non-hydrogen) atoms. The van der Waals surface area contributed by atoms with Crippen molar-refractivity contribution in [2.24, 2.45) is 5.73 Å². The molecule has 2 aromatic carbocycles. The summed E-state index contributed by atoms with van der Waals surface area (Å²) in [4.78, 5) is 10.4. The zero-order chi connectivity index (χ0) is 15.6. The van der Waals surface area contributed by atoms with Crippen LogP contribution in [0.5, 0.6) is 11.5 Å². The molecule has 5 nitrogen and oxygen atoms in total. The minimum absolute atomic E-state index is 0.0498. The normalized spacial score (nSPS) is 12.0. The Labute approximate surface area is 121 Å². The standard InChI is InChI=1S/C15H15FN2O3/c1-9-12(18(19)20)6-4-7-13(9)21-14-8-3-5-11(16)15(14)10(2)17/h3-8,10H,17H2,1-2H3/t10-/m1/s1. The lowest BCUT2D eigenvalue weighted by molar-refractivity contribution is -0.385. The molecule has 0 heterocycles. The monoisotopic (exact) mass is 290 g/mol. The second-order valence-electron chi connectivity index (χ2n) is 4.70. The van der Waals surface area contributed by atoms with Gasteiger partial charge in [-0.25, -0.2) is 4.39 Å². The van der Waals surface area contributed by atoms with Crippen LogP contribution in [0, 0.1) is 22.9 Å². The van der Waals surface area contributed by atoms with Gasteiger partial charge in [-0.3, -0.25) is 10.1 Å². The molecule has 0 saturated carbocycles. The maximum atomic E-state index is 13.8. The van der Waals surface area contributed by atoms with Crippen LogP contribution in [0.25, 0.3) is 0 Å². The molecule has 0 fully saturated rings. The minimum Gasteiger partial charge on any atom is -0.456 e. The Morgan fingerprint density at radius 1 is 1.24 bits per heavy atom. The van der Waals surface area contributed by atoms with E-state index in [1.165, 1.54) is 24.3 Å². The van der Waals surface area contributed by atoms with Gasteiger partial charge in [-0.15, -0.1) is 0 Å². The van der Waals surface area contributed by atoms with E-state index in [-0.39, 0.29) is 17.0 Å². The van der Waals surface area contributed by atoms with Crippen LogP contribution in [0.1, 0.15) is 24.1 Å². The van der Waals surface area contributed by atoms with Crippen molar-refractivity contribution in [3.8, 4) is 11.5 Å². The van der Waals surface area contributed by atoms with Gasteiger partial charge in [0.1, 0.15) is 17.3 Å².